The molecule has 1 N–H and O–H groups in total. The molecule has 0 unspecified atom stereocenters. The van der Waals surface area contributed by atoms with Crippen LogP contribution < -0.4 is 10.1 Å². The molecule has 0 fully saturated rings. The third-order valence-corrected chi connectivity index (χ3v) is 7.30. The number of benzene rings is 4. The number of anilines is 1. The summed E-state index contributed by atoms with van der Waals surface area (Å²) in [4.78, 5) is 12.7. The highest BCUT2D eigenvalue weighted by atomic mass is 127. The molecule has 0 saturated carbocycles. The molecule has 4 rings (SSSR count). The summed E-state index contributed by atoms with van der Waals surface area (Å²) in [6.07, 6.45) is 1.51. The molecule has 4 aromatic carbocycles. The Morgan fingerprint density at radius 3 is 2.57 bits per heavy atom. The van der Waals surface area contributed by atoms with E-state index in [0.717, 1.165) is 14.5 Å². The van der Waals surface area contributed by atoms with Gasteiger partial charge < -0.3 is 10.1 Å². The SMILES string of the molecule is N#C/C(=C/c1cc(Br)c(OCc2ccc3ccccc3c2)c(I)c1)C(=O)Nc1cccc(Cl)c1Cl. The predicted molar refractivity (Wildman–Crippen MR) is 154 cm³/mol. The van der Waals surface area contributed by atoms with E-state index in [9.17, 15) is 10.1 Å². The number of amides is 1. The van der Waals surface area contributed by atoms with Gasteiger partial charge in [0.15, 0.2) is 0 Å². The number of nitriles is 1. The zero-order valence-corrected chi connectivity index (χ0v) is 23.2. The van der Waals surface area contributed by atoms with Crippen molar-refractivity contribution in [1.29, 1.82) is 5.26 Å². The molecular formula is C27H16BrCl2IN2O2. The second-order valence-corrected chi connectivity index (χ2v) is 10.3. The van der Waals surface area contributed by atoms with E-state index in [1.807, 2.05) is 30.3 Å². The molecule has 174 valence electrons. The number of hydrogen-bond donors (Lipinski definition) is 1. The molecule has 1 amide bonds. The van der Waals surface area contributed by atoms with Crippen LogP contribution in [0.4, 0.5) is 5.69 Å². The van der Waals surface area contributed by atoms with Crippen LogP contribution in [0.2, 0.25) is 10.0 Å². The summed E-state index contributed by atoms with van der Waals surface area (Å²) in [7, 11) is 0. The predicted octanol–water partition coefficient (Wildman–Crippen LogP) is 8.64. The van der Waals surface area contributed by atoms with E-state index in [0.29, 0.717) is 33.1 Å². The maximum atomic E-state index is 12.7. The maximum Gasteiger partial charge on any atom is 0.266 e. The maximum absolute atomic E-state index is 12.7. The van der Waals surface area contributed by atoms with Crippen molar-refractivity contribution in [3.8, 4) is 11.8 Å². The molecule has 4 nitrogen and oxygen atoms in total. The molecule has 35 heavy (non-hydrogen) atoms. The van der Waals surface area contributed by atoms with Crippen LogP contribution in [-0.4, -0.2) is 5.91 Å². The number of carbonyl (C=O) groups is 1. The summed E-state index contributed by atoms with van der Waals surface area (Å²) < 4.78 is 7.64. The van der Waals surface area contributed by atoms with Crippen molar-refractivity contribution in [2.24, 2.45) is 0 Å². The van der Waals surface area contributed by atoms with Crippen LogP contribution in [0.25, 0.3) is 16.8 Å². The van der Waals surface area contributed by atoms with E-state index < -0.39 is 5.91 Å². The van der Waals surface area contributed by atoms with Gasteiger partial charge in [-0.2, -0.15) is 5.26 Å². The Morgan fingerprint density at radius 2 is 1.83 bits per heavy atom. The normalized spacial score (nSPS) is 11.2. The average molecular weight is 678 g/mol. The van der Waals surface area contributed by atoms with Gasteiger partial charge in [-0.1, -0.05) is 65.7 Å². The van der Waals surface area contributed by atoms with E-state index >= 15 is 0 Å². The first-order valence-corrected chi connectivity index (χ1v) is 12.9. The highest BCUT2D eigenvalue weighted by molar-refractivity contribution is 14.1. The molecule has 0 aliphatic rings. The first-order valence-electron chi connectivity index (χ1n) is 10.3. The minimum Gasteiger partial charge on any atom is -0.487 e. The molecule has 0 spiro atoms. The zero-order chi connectivity index (χ0) is 24.9. The van der Waals surface area contributed by atoms with Gasteiger partial charge in [-0.25, -0.2) is 0 Å². The fourth-order valence-electron chi connectivity index (χ4n) is 3.39. The number of carbonyl (C=O) groups excluding carboxylic acids is 1. The Hall–Kier alpha value is -2.57. The highest BCUT2D eigenvalue weighted by Gasteiger charge is 2.15. The number of fused-ring (bicyclic) bond motifs is 1. The molecule has 0 aliphatic carbocycles. The molecule has 0 bridgehead atoms. The van der Waals surface area contributed by atoms with Crippen LogP contribution in [-0.2, 0) is 11.4 Å². The lowest BCUT2D eigenvalue weighted by Gasteiger charge is -2.12. The van der Waals surface area contributed by atoms with E-state index in [1.54, 1.807) is 24.3 Å². The van der Waals surface area contributed by atoms with Crippen molar-refractivity contribution in [2.45, 2.75) is 6.61 Å². The van der Waals surface area contributed by atoms with Crippen molar-refractivity contribution >= 4 is 90.2 Å². The van der Waals surface area contributed by atoms with Gasteiger partial charge in [0.1, 0.15) is 24.0 Å². The topological polar surface area (TPSA) is 62.1 Å². The standard InChI is InChI=1S/C27H16BrCl2IN2O2/c28-21-12-17(11-20(14-32)27(34)33-24-7-3-6-22(29)25(24)30)13-23(31)26(21)35-15-16-8-9-18-4-1-2-5-19(18)10-16/h1-13H,15H2,(H,33,34)/b20-11-. The Kier molecular flexibility index (Phi) is 8.34. The Labute approximate surface area is 234 Å². The number of rotatable bonds is 6. The Morgan fingerprint density at radius 1 is 1.06 bits per heavy atom. The van der Waals surface area contributed by atoms with Crippen molar-refractivity contribution in [3.63, 3.8) is 0 Å². The van der Waals surface area contributed by atoms with Gasteiger partial charge in [-0.15, -0.1) is 0 Å². The van der Waals surface area contributed by atoms with Crippen LogP contribution in [0.15, 0.2) is 82.8 Å². The average Bonchev–Trinajstić information content (AvgIpc) is 2.84. The number of ether oxygens (including phenoxy) is 1. The third-order valence-electron chi connectivity index (χ3n) is 5.09. The van der Waals surface area contributed by atoms with E-state index in [4.69, 9.17) is 27.9 Å². The lowest BCUT2D eigenvalue weighted by molar-refractivity contribution is -0.112. The zero-order valence-electron chi connectivity index (χ0n) is 18.0. The fraction of sp³-hybridized carbons (Fsp3) is 0.0370. The van der Waals surface area contributed by atoms with Gasteiger partial charge in [-0.05, 0) is 96.8 Å². The monoisotopic (exact) mass is 676 g/mol. The van der Waals surface area contributed by atoms with E-state index in [1.165, 1.54) is 11.5 Å². The molecule has 0 radical (unpaired) electrons. The summed E-state index contributed by atoms with van der Waals surface area (Å²) >= 11 is 17.9. The molecule has 0 saturated heterocycles. The van der Waals surface area contributed by atoms with Gasteiger partial charge in [0.2, 0.25) is 0 Å². The highest BCUT2D eigenvalue weighted by Crippen LogP contribution is 2.34. The second-order valence-electron chi connectivity index (χ2n) is 7.51. The summed E-state index contributed by atoms with van der Waals surface area (Å²) in [6, 6.07) is 24.9. The summed E-state index contributed by atoms with van der Waals surface area (Å²) in [5, 5.41) is 15.0. The van der Waals surface area contributed by atoms with Gasteiger partial charge in [0, 0.05) is 0 Å². The minimum absolute atomic E-state index is 0.0754. The summed E-state index contributed by atoms with van der Waals surface area (Å²) in [5.41, 5.74) is 1.98. The lowest BCUT2D eigenvalue weighted by Crippen LogP contribution is -2.13. The van der Waals surface area contributed by atoms with E-state index in [2.05, 4.69) is 68.1 Å². The molecule has 0 heterocycles. The van der Waals surface area contributed by atoms with Crippen molar-refractivity contribution < 1.29 is 9.53 Å². The Bertz CT molecular complexity index is 1490. The van der Waals surface area contributed by atoms with Gasteiger partial charge >= 0.3 is 0 Å². The van der Waals surface area contributed by atoms with Crippen molar-refractivity contribution in [2.75, 3.05) is 5.32 Å². The van der Waals surface area contributed by atoms with E-state index in [-0.39, 0.29) is 10.6 Å². The number of nitrogens with one attached hydrogen (secondary N) is 1. The van der Waals surface area contributed by atoms with Crippen LogP contribution in [0.1, 0.15) is 11.1 Å². The molecule has 4 aromatic rings. The first-order chi connectivity index (χ1) is 16.9. The van der Waals surface area contributed by atoms with Crippen molar-refractivity contribution in [1.82, 2.24) is 0 Å². The summed E-state index contributed by atoms with van der Waals surface area (Å²) in [6.45, 7) is 0.404. The molecule has 0 aromatic heterocycles. The van der Waals surface area contributed by atoms with Crippen LogP contribution in [0, 0.1) is 14.9 Å². The molecular weight excluding hydrogens is 662 g/mol. The number of nitrogens with zero attached hydrogens (tertiary/aromatic N) is 1. The van der Waals surface area contributed by atoms with Gasteiger partial charge in [0.25, 0.3) is 5.91 Å². The van der Waals surface area contributed by atoms with Gasteiger partial charge in [0.05, 0.1) is 23.8 Å². The molecule has 0 aliphatic heterocycles. The minimum atomic E-state index is -0.584. The number of hydrogen-bond acceptors (Lipinski definition) is 3. The van der Waals surface area contributed by atoms with Gasteiger partial charge in [-0.3, -0.25) is 4.79 Å². The fourth-order valence-corrected chi connectivity index (χ4v) is 5.51. The smallest absolute Gasteiger partial charge is 0.266 e. The summed E-state index contributed by atoms with van der Waals surface area (Å²) in [5.74, 6) is 0.101. The third kappa shape index (κ3) is 6.17. The second kappa shape index (κ2) is 11.4. The molecule has 0 atom stereocenters. The Balaban J connectivity index is 1.51. The van der Waals surface area contributed by atoms with Crippen molar-refractivity contribution in [3.05, 3.63) is 108 Å². The number of halogens is 4. The largest absolute Gasteiger partial charge is 0.487 e. The molecule has 8 heteroatoms. The quantitative estimate of drug-likeness (QED) is 0.126. The first kappa shape index (κ1) is 25.5. The van der Waals surface area contributed by atoms with Crippen LogP contribution in [0.3, 0.4) is 0 Å². The van der Waals surface area contributed by atoms with Crippen LogP contribution in [0.5, 0.6) is 5.75 Å². The lowest BCUT2D eigenvalue weighted by atomic mass is 10.1. The van der Waals surface area contributed by atoms with Crippen LogP contribution >= 0.6 is 61.7 Å².